The van der Waals surface area contributed by atoms with Crippen LogP contribution in [-0.2, 0) is 6.42 Å². The van der Waals surface area contributed by atoms with Gasteiger partial charge < -0.3 is 5.73 Å². The van der Waals surface area contributed by atoms with Gasteiger partial charge in [-0.3, -0.25) is 0 Å². The zero-order valence-electron chi connectivity index (χ0n) is 10.6. The molecule has 1 nitrogen and oxygen atoms in total. The summed E-state index contributed by atoms with van der Waals surface area (Å²) < 4.78 is 0. The van der Waals surface area contributed by atoms with Crippen LogP contribution < -0.4 is 5.73 Å². The number of hydrogen-bond donors (Lipinski definition) is 1. The van der Waals surface area contributed by atoms with Crippen LogP contribution in [0.4, 0.5) is 0 Å². The summed E-state index contributed by atoms with van der Waals surface area (Å²) in [5, 5.41) is 0. The average Bonchev–Trinajstić information content (AvgIpc) is 2.96. The van der Waals surface area contributed by atoms with E-state index in [-0.39, 0.29) is 0 Å². The fourth-order valence-corrected chi connectivity index (χ4v) is 2.41. The largest absolute Gasteiger partial charge is 0.327 e. The molecule has 3 unspecified atom stereocenters. The van der Waals surface area contributed by atoms with Crippen LogP contribution in [0.3, 0.4) is 0 Å². The zero-order chi connectivity index (χ0) is 11.7. The zero-order valence-corrected chi connectivity index (χ0v) is 10.6. The van der Waals surface area contributed by atoms with E-state index >= 15 is 0 Å². The summed E-state index contributed by atoms with van der Waals surface area (Å²) in [6, 6.07) is 9.32. The van der Waals surface area contributed by atoms with E-state index in [1.165, 1.54) is 17.5 Å². The molecule has 0 aromatic heterocycles. The van der Waals surface area contributed by atoms with Crippen LogP contribution in [0.5, 0.6) is 0 Å². The van der Waals surface area contributed by atoms with Gasteiger partial charge in [0.05, 0.1) is 0 Å². The molecule has 88 valence electrons. The van der Waals surface area contributed by atoms with Gasteiger partial charge in [-0.15, -0.1) is 0 Å². The van der Waals surface area contributed by atoms with Crippen LogP contribution in [0.25, 0.3) is 0 Å². The molecular formula is C15H23N. The molecule has 3 atom stereocenters. The minimum atomic E-state index is 0.361. The molecule has 1 aromatic rings. The smallest absolute Gasteiger partial charge is 0.0110 e. The Hall–Kier alpha value is -0.820. The van der Waals surface area contributed by atoms with Crippen LogP contribution in [-0.4, -0.2) is 6.04 Å². The lowest BCUT2D eigenvalue weighted by Gasteiger charge is -2.12. The maximum atomic E-state index is 6.20. The van der Waals surface area contributed by atoms with E-state index in [1.54, 1.807) is 0 Å². The van der Waals surface area contributed by atoms with E-state index in [9.17, 15) is 0 Å². The van der Waals surface area contributed by atoms with Crippen LogP contribution in [0.2, 0.25) is 0 Å². The summed E-state index contributed by atoms with van der Waals surface area (Å²) in [7, 11) is 0. The molecule has 1 aromatic carbocycles. The highest BCUT2D eigenvalue weighted by Gasteiger charge is 2.37. The van der Waals surface area contributed by atoms with Crippen molar-refractivity contribution in [3.63, 3.8) is 0 Å². The third-order valence-corrected chi connectivity index (χ3v) is 3.84. The molecule has 0 amide bonds. The Morgan fingerprint density at radius 2 is 1.81 bits per heavy atom. The van der Waals surface area contributed by atoms with Crippen LogP contribution in [0.1, 0.15) is 44.2 Å². The summed E-state index contributed by atoms with van der Waals surface area (Å²) in [6.45, 7) is 6.76. The molecule has 1 aliphatic rings. The highest BCUT2D eigenvalue weighted by Crippen LogP contribution is 2.40. The predicted octanol–water partition coefficient (Wildman–Crippen LogP) is 3.34. The van der Waals surface area contributed by atoms with E-state index in [1.807, 2.05) is 0 Å². The number of rotatable bonds is 4. The monoisotopic (exact) mass is 217 g/mol. The number of benzene rings is 1. The topological polar surface area (TPSA) is 26.0 Å². The second kappa shape index (κ2) is 4.58. The van der Waals surface area contributed by atoms with Gasteiger partial charge in [-0.2, -0.15) is 0 Å². The van der Waals surface area contributed by atoms with Gasteiger partial charge >= 0.3 is 0 Å². The van der Waals surface area contributed by atoms with E-state index in [0.29, 0.717) is 12.0 Å². The number of hydrogen-bond acceptors (Lipinski definition) is 1. The lowest BCUT2D eigenvalue weighted by molar-refractivity contribution is 0.560. The fourth-order valence-electron chi connectivity index (χ4n) is 2.41. The van der Waals surface area contributed by atoms with Crippen molar-refractivity contribution in [1.82, 2.24) is 0 Å². The van der Waals surface area contributed by atoms with E-state index in [0.717, 1.165) is 18.3 Å². The first kappa shape index (κ1) is 11.7. The molecule has 0 spiro atoms. The molecule has 1 saturated carbocycles. The number of nitrogens with two attached hydrogens (primary N) is 1. The van der Waals surface area contributed by atoms with Gasteiger partial charge in [0.15, 0.2) is 0 Å². The van der Waals surface area contributed by atoms with Crippen molar-refractivity contribution in [1.29, 1.82) is 0 Å². The van der Waals surface area contributed by atoms with Gasteiger partial charge in [0.1, 0.15) is 0 Å². The van der Waals surface area contributed by atoms with Crippen molar-refractivity contribution < 1.29 is 0 Å². The van der Waals surface area contributed by atoms with Crippen LogP contribution in [0, 0.1) is 11.8 Å². The van der Waals surface area contributed by atoms with Crippen LogP contribution >= 0.6 is 0 Å². The Balaban J connectivity index is 1.94. The highest BCUT2D eigenvalue weighted by atomic mass is 14.7. The van der Waals surface area contributed by atoms with E-state index < -0.39 is 0 Å². The molecule has 2 rings (SSSR count). The van der Waals surface area contributed by atoms with Crippen LogP contribution in [0.15, 0.2) is 24.3 Å². The van der Waals surface area contributed by atoms with Gasteiger partial charge in [-0.05, 0) is 41.7 Å². The molecule has 0 radical (unpaired) electrons. The quantitative estimate of drug-likeness (QED) is 0.822. The first-order chi connectivity index (χ1) is 7.58. The molecule has 1 aliphatic carbocycles. The lowest BCUT2D eigenvalue weighted by atomic mass is 9.97. The average molecular weight is 217 g/mol. The first-order valence-corrected chi connectivity index (χ1v) is 6.42. The fraction of sp³-hybridized carbons (Fsp3) is 0.600. The van der Waals surface area contributed by atoms with Crippen molar-refractivity contribution in [3.8, 4) is 0 Å². The molecular weight excluding hydrogens is 194 g/mol. The molecule has 1 fully saturated rings. The minimum Gasteiger partial charge on any atom is -0.327 e. The lowest BCUT2D eigenvalue weighted by Crippen LogP contribution is -2.25. The maximum Gasteiger partial charge on any atom is 0.0110 e. The summed E-state index contributed by atoms with van der Waals surface area (Å²) in [6.07, 6.45) is 2.36. The van der Waals surface area contributed by atoms with E-state index in [4.69, 9.17) is 5.73 Å². The van der Waals surface area contributed by atoms with Crippen molar-refractivity contribution >= 4 is 0 Å². The summed E-state index contributed by atoms with van der Waals surface area (Å²) in [5.74, 6) is 2.24. The summed E-state index contributed by atoms with van der Waals surface area (Å²) >= 11 is 0. The van der Waals surface area contributed by atoms with Gasteiger partial charge in [-0.25, -0.2) is 0 Å². The second-order valence-corrected chi connectivity index (χ2v) is 5.64. The molecule has 16 heavy (non-hydrogen) atoms. The molecule has 2 N–H and O–H groups in total. The van der Waals surface area contributed by atoms with Gasteiger partial charge in [0.25, 0.3) is 0 Å². The van der Waals surface area contributed by atoms with Crippen molar-refractivity contribution in [3.05, 3.63) is 35.4 Å². The maximum absolute atomic E-state index is 6.20. The second-order valence-electron chi connectivity index (χ2n) is 5.64. The Bertz CT molecular complexity index is 339. The third-order valence-electron chi connectivity index (χ3n) is 3.84. The Morgan fingerprint density at radius 3 is 2.25 bits per heavy atom. The van der Waals surface area contributed by atoms with Gasteiger partial charge in [-0.1, -0.05) is 45.0 Å². The Kier molecular flexibility index (Phi) is 3.34. The third kappa shape index (κ3) is 2.65. The van der Waals surface area contributed by atoms with Crippen molar-refractivity contribution in [2.45, 2.75) is 45.6 Å². The molecule has 0 heterocycles. The normalized spacial score (nSPS) is 25.8. The Labute approximate surface area is 99.0 Å². The molecule has 0 aliphatic heterocycles. The minimum absolute atomic E-state index is 0.361. The van der Waals surface area contributed by atoms with Crippen molar-refractivity contribution in [2.24, 2.45) is 17.6 Å². The Morgan fingerprint density at radius 1 is 1.25 bits per heavy atom. The van der Waals surface area contributed by atoms with Gasteiger partial charge in [0, 0.05) is 6.04 Å². The van der Waals surface area contributed by atoms with Gasteiger partial charge in [0.2, 0.25) is 0 Å². The highest BCUT2D eigenvalue weighted by molar-refractivity contribution is 5.25. The molecule has 0 saturated heterocycles. The predicted molar refractivity (Wildman–Crippen MR) is 69.5 cm³/mol. The summed E-state index contributed by atoms with van der Waals surface area (Å²) in [4.78, 5) is 0. The SMILES string of the molecule is CC(C)c1ccc(CC(N)C2CC2C)cc1. The summed E-state index contributed by atoms with van der Waals surface area (Å²) in [5.41, 5.74) is 9.00. The van der Waals surface area contributed by atoms with E-state index in [2.05, 4.69) is 45.0 Å². The van der Waals surface area contributed by atoms with Crippen molar-refractivity contribution in [2.75, 3.05) is 0 Å². The molecule has 0 bridgehead atoms. The first-order valence-electron chi connectivity index (χ1n) is 6.42. The molecule has 1 heteroatoms. The standard InChI is InChI=1S/C15H23N/c1-10(2)13-6-4-12(5-7-13)9-15(16)14-8-11(14)3/h4-7,10-11,14-15H,8-9,16H2,1-3H3.